The largest absolute Gasteiger partial charge is 0.396 e. The fraction of sp³-hybridized carbons (Fsp3) is 0.500. The van der Waals surface area contributed by atoms with Gasteiger partial charge in [0.25, 0.3) is 0 Å². The summed E-state index contributed by atoms with van der Waals surface area (Å²) in [7, 11) is 0. The molecule has 1 N–H and O–H groups in total. The zero-order chi connectivity index (χ0) is 13.0. The second-order valence-corrected chi connectivity index (χ2v) is 5.81. The highest BCUT2D eigenvalue weighted by Crippen LogP contribution is 2.18. The van der Waals surface area contributed by atoms with Crippen molar-refractivity contribution in [2.45, 2.75) is 12.7 Å². The predicted molar refractivity (Wildman–Crippen MR) is 74.5 cm³/mol. The molecule has 0 aromatic heterocycles. The van der Waals surface area contributed by atoms with E-state index in [0.717, 1.165) is 18.8 Å². The van der Waals surface area contributed by atoms with E-state index in [0.29, 0.717) is 11.7 Å². The summed E-state index contributed by atoms with van der Waals surface area (Å²) < 4.78 is 0. The molecule has 1 fully saturated rings. The Hall–Kier alpha value is -1.00. The molecule has 0 atom stereocenters. The molecule has 3 nitrogen and oxygen atoms in total. The third-order valence-corrected chi connectivity index (χ3v) is 4.17. The van der Waals surface area contributed by atoms with Gasteiger partial charge in [0.05, 0.1) is 5.75 Å². The molecule has 1 heterocycles. The van der Waals surface area contributed by atoms with Crippen LogP contribution in [0.1, 0.15) is 11.1 Å². The number of amides is 1. The van der Waals surface area contributed by atoms with Crippen molar-refractivity contribution in [2.75, 3.05) is 25.4 Å². The normalized spacial score (nSPS) is 15.6. The molecule has 0 radical (unpaired) electrons. The van der Waals surface area contributed by atoms with Crippen molar-refractivity contribution in [1.82, 2.24) is 4.90 Å². The molecule has 0 saturated carbocycles. The minimum Gasteiger partial charge on any atom is -0.396 e. The predicted octanol–water partition coefficient (Wildman–Crippen LogP) is 1.68. The van der Waals surface area contributed by atoms with E-state index in [2.05, 4.69) is 31.2 Å². The van der Waals surface area contributed by atoms with Gasteiger partial charge in [-0.25, -0.2) is 0 Å². The number of aliphatic hydroxyl groups excluding tert-OH is 1. The number of hydrogen-bond acceptors (Lipinski definition) is 3. The van der Waals surface area contributed by atoms with Crippen LogP contribution in [0.5, 0.6) is 0 Å². The Labute approximate surface area is 112 Å². The van der Waals surface area contributed by atoms with Crippen molar-refractivity contribution in [3.05, 3.63) is 35.4 Å². The number of nitrogens with zero attached hydrogens (tertiary/aromatic N) is 1. The first kappa shape index (κ1) is 13.4. The third kappa shape index (κ3) is 3.50. The van der Waals surface area contributed by atoms with Gasteiger partial charge in [-0.1, -0.05) is 29.8 Å². The van der Waals surface area contributed by atoms with Gasteiger partial charge < -0.3 is 10.0 Å². The number of carbonyl (C=O) groups excluding carboxylic acids is 1. The molecular weight excluding hydrogens is 246 g/mol. The van der Waals surface area contributed by atoms with Crippen molar-refractivity contribution in [2.24, 2.45) is 5.92 Å². The summed E-state index contributed by atoms with van der Waals surface area (Å²) in [6.45, 7) is 3.71. The first-order valence-corrected chi connectivity index (χ1v) is 7.36. The molecule has 4 heteroatoms. The molecule has 1 aromatic carbocycles. The average Bonchev–Trinajstić information content (AvgIpc) is 2.30. The Morgan fingerprint density at radius 3 is 2.67 bits per heavy atom. The Bertz CT molecular complexity index is 399. The van der Waals surface area contributed by atoms with Crippen LogP contribution in [0.3, 0.4) is 0 Å². The monoisotopic (exact) mass is 265 g/mol. The van der Waals surface area contributed by atoms with Crippen LogP contribution >= 0.6 is 11.8 Å². The van der Waals surface area contributed by atoms with E-state index in [1.165, 1.54) is 11.1 Å². The lowest BCUT2D eigenvalue weighted by Gasteiger charge is -2.38. The molecular formula is C14H19NO2S. The Morgan fingerprint density at radius 1 is 1.39 bits per heavy atom. The number of hydrogen-bond donors (Lipinski definition) is 1. The van der Waals surface area contributed by atoms with Crippen LogP contribution in [0.4, 0.5) is 0 Å². The first-order chi connectivity index (χ1) is 8.69. The first-order valence-electron chi connectivity index (χ1n) is 6.21. The molecule has 2 rings (SSSR count). The van der Waals surface area contributed by atoms with Gasteiger partial charge in [-0.3, -0.25) is 4.79 Å². The summed E-state index contributed by atoms with van der Waals surface area (Å²) in [6, 6.07) is 8.41. The highest BCUT2D eigenvalue weighted by molar-refractivity contribution is 7.99. The standard InChI is InChI=1S/C14H19NO2S/c1-11-2-4-12(5-3-11)9-18-10-14(17)15-6-13(7-15)8-16/h2-5,13,16H,6-10H2,1H3. The summed E-state index contributed by atoms with van der Waals surface area (Å²) in [5, 5.41) is 8.89. The molecule has 0 bridgehead atoms. The summed E-state index contributed by atoms with van der Waals surface area (Å²) >= 11 is 1.65. The smallest absolute Gasteiger partial charge is 0.232 e. The van der Waals surface area contributed by atoms with Crippen LogP contribution in [-0.2, 0) is 10.5 Å². The van der Waals surface area contributed by atoms with E-state index < -0.39 is 0 Å². The maximum atomic E-state index is 11.8. The fourth-order valence-electron chi connectivity index (χ4n) is 1.92. The van der Waals surface area contributed by atoms with Gasteiger partial charge in [0.2, 0.25) is 5.91 Å². The third-order valence-electron chi connectivity index (χ3n) is 3.18. The number of carbonyl (C=O) groups is 1. The second kappa shape index (κ2) is 6.25. The lowest BCUT2D eigenvalue weighted by molar-refractivity contribution is -0.135. The SMILES string of the molecule is Cc1ccc(CSCC(=O)N2CC(CO)C2)cc1. The highest BCUT2D eigenvalue weighted by Gasteiger charge is 2.29. The lowest BCUT2D eigenvalue weighted by Crippen LogP contribution is -2.51. The highest BCUT2D eigenvalue weighted by atomic mass is 32.2. The summed E-state index contributed by atoms with van der Waals surface area (Å²) in [5.74, 6) is 1.91. The van der Waals surface area contributed by atoms with Gasteiger partial charge in [-0.15, -0.1) is 11.8 Å². The van der Waals surface area contributed by atoms with Gasteiger partial charge >= 0.3 is 0 Å². The number of aliphatic hydroxyl groups is 1. The molecule has 1 aromatic rings. The number of likely N-dealkylation sites (tertiary alicyclic amines) is 1. The molecule has 0 spiro atoms. The molecule has 0 aliphatic carbocycles. The maximum absolute atomic E-state index is 11.8. The summed E-state index contributed by atoms with van der Waals surface area (Å²) in [5.41, 5.74) is 2.52. The van der Waals surface area contributed by atoms with Gasteiger partial charge in [-0.05, 0) is 12.5 Å². The zero-order valence-electron chi connectivity index (χ0n) is 10.6. The number of aryl methyl sites for hydroxylation is 1. The van der Waals surface area contributed by atoms with Crippen molar-refractivity contribution >= 4 is 17.7 Å². The Balaban J connectivity index is 1.66. The molecule has 1 aliphatic rings. The van der Waals surface area contributed by atoms with E-state index in [-0.39, 0.29) is 12.5 Å². The molecule has 98 valence electrons. The van der Waals surface area contributed by atoms with Crippen LogP contribution in [0.15, 0.2) is 24.3 Å². The topological polar surface area (TPSA) is 40.5 Å². The van der Waals surface area contributed by atoms with Crippen LogP contribution in [-0.4, -0.2) is 41.4 Å². The van der Waals surface area contributed by atoms with Crippen LogP contribution in [0, 0.1) is 12.8 Å². The van der Waals surface area contributed by atoms with Gasteiger partial charge in [0.15, 0.2) is 0 Å². The fourth-order valence-corrected chi connectivity index (χ4v) is 2.81. The van der Waals surface area contributed by atoms with Crippen molar-refractivity contribution < 1.29 is 9.90 Å². The van der Waals surface area contributed by atoms with E-state index in [1.807, 2.05) is 4.90 Å². The summed E-state index contributed by atoms with van der Waals surface area (Å²) in [4.78, 5) is 13.6. The quantitative estimate of drug-likeness (QED) is 0.880. The molecule has 1 aliphatic heterocycles. The van der Waals surface area contributed by atoms with Gasteiger partial charge in [-0.2, -0.15) is 0 Å². The van der Waals surface area contributed by atoms with Crippen LogP contribution in [0.25, 0.3) is 0 Å². The van der Waals surface area contributed by atoms with Gasteiger partial charge in [0.1, 0.15) is 0 Å². The molecule has 0 unspecified atom stereocenters. The lowest BCUT2D eigenvalue weighted by atomic mass is 10.0. The van der Waals surface area contributed by atoms with Crippen molar-refractivity contribution in [3.63, 3.8) is 0 Å². The van der Waals surface area contributed by atoms with Crippen LogP contribution < -0.4 is 0 Å². The summed E-state index contributed by atoms with van der Waals surface area (Å²) in [6.07, 6.45) is 0. The Morgan fingerprint density at radius 2 is 2.06 bits per heavy atom. The minimum absolute atomic E-state index is 0.191. The number of benzene rings is 1. The van der Waals surface area contributed by atoms with E-state index >= 15 is 0 Å². The van der Waals surface area contributed by atoms with Gasteiger partial charge in [0, 0.05) is 31.4 Å². The number of rotatable bonds is 5. The molecule has 18 heavy (non-hydrogen) atoms. The number of thioether (sulfide) groups is 1. The second-order valence-electron chi connectivity index (χ2n) is 4.83. The molecule has 1 saturated heterocycles. The van der Waals surface area contributed by atoms with E-state index in [1.54, 1.807) is 11.8 Å². The van der Waals surface area contributed by atoms with Crippen LogP contribution in [0.2, 0.25) is 0 Å². The van der Waals surface area contributed by atoms with Crippen molar-refractivity contribution in [3.8, 4) is 0 Å². The van der Waals surface area contributed by atoms with E-state index in [4.69, 9.17) is 5.11 Å². The average molecular weight is 265 g/mol. The minimum atomic E-state index is 0.191. The molecule has 1 amide bonds. The zero-order valence-corrected chi connectivity index (χ0v) is 11.4. The van der Waals surface area contributed by atoms with Crippen molar-refractivity contribution in [1.29, 1.82) is 0 Å². The maximum Gasteiger partial charge on any atom is 0.232 e. The van der Waals surface area contributed by atoms with E-state index in [9.17, 15) is 4.79 Å². The Kier molecular flexibility index (Phi) is 4.66.